The molecule has 0 saturated heterocycles. The average molecular weight is 792 g/mol. The Morgan fingerprint density at radius 2 is 1.64 bits per heavy atom. The molecule has 1 heterocycles. The topological polar surface area (TPSA) is 120 Å². The van der Waals surface area contributed by atoms with Crippen molar-refractivity contribution in [3.05, 3.63) is 45.8 Å². The third-order valence-corrected chi connectivity index (χ3v) is 16.5. The number of fused-ring (bicyclic) bond motifs is 7. The molecule has 1 aromatic carbocycles. The van der Waals surface area contributed by atoms with Crippen molar-refractivity contribution in [1.82, 2.24) is 10.2 Å². The number of hydrogen-bond acceptors (Lipinski definition) is 7. The summed E-state index contributed by atoms with van der Waals surface area (Å²) in [5.74, 6) is 1.39. The Morgan fingerprint density at radius 3 is 2.30 bits per heavy atom. The predicted molar refractivity (Wildman–Crippen MR) is 206 cm³/mol. The molecule has 0 bridgehead atoms. The lowest BCUT2D eigenvalue weighted by atomic mass is 9.33. The van der Waals surface area contributed by atoms with Gasteiger partial charge in [0.1, 0.15) is 6.10 Å². The van der Waals surface area contributed by atoms with E-state index in [-0.39, 0.29) is 45.5 Å². The predicted octanol–water partition coefficient (Wildman–Crippen LogP) is 10.4. The van der Waals surface area contributed by atoms with Gasteiger partial charge in [0, 0.05) is 33.7 Å². The lowest BCUT2D eigenvalue weighted by Crippen LogP contribution is -2.65. The third-order valence-electron chi connectivity index (χ3n) is 16.0. The van der Waals surface area contributed by atoms with Crippen molar-refractivity contribution in [2.45, 2.75) is 139 Å². The maximum absolute atomic E-state index is 14.1. The Bertz CT molecular complexity index is 1840. The lowest BCUT2D eigenvalue weighted by Gasteiger charge is -2.72. The molecule has 0 aliphatic heterocycles. The van der Waals surface area contributed by atoms with E-state index in [1.165, 1.54) is 5.57 Å². The highest BCUT2D eigenvalue weighted by Gasteiger charge is 2.70. The number of carboxylic acids is 1. The van der Waals surface area contributed by atoms with Crippen LogP contribution in [0.25, 0.3) is 11.5 Å². The van der Waals surface area contributed by atoms with E-state index < -0.39 is 17.4 Å². The van der Waals surface area contributed by atoms with Gasteiger partial charge >= 0.3 is 11.9 Å². The number of halogens is 1. The van der Waals surface area contributed by atoms with Crippen molar-refractivity contribution in [2.75, 3.05) is 0 Å². The largest absolute Gasteiger partial charge is 0.481 e. The molecule has 0 radical (unpaired) electrons. The van der Waals surface area contributed by atoms with E-state index in [9.17, 15) is 19.5 Å². The Balaban J connectivity index is 1.17. The highest BCUT2D eigenvalue weighted by atomic mass is 79.9. The fraction of sp³-hybridized carbons (Fsp3) is 0.705. The van der Waals surface area contributed by atoms with E-state index in [4.69, 9.17) is 9.15 Å². The zero-order valence-corrected chi connectivity index (χ0v) is 34.8. The van der Waals surface area contributed by atoms with Gasteiger partial charge in [0.15, 0.2) is 5.78 Å². The Morgan fingerprint density at radius 1 is 0.943 bits per heavy atom. The molecule has 0 spiro atoms. The van der Waals surface area contributed by atoms with Gasteiger partial charge in [-0.25, -0.2) is 0 Å². The highest BCUT2D eigenvalue weighted by molar-refractivity contribution is 9.10. The maximum Gasteiger partial charge on any atom is 0.309 e. The number of benzene rings is 1. The molecule has 53 heavy (non-hydrogen) atoms. The van der Waals surface area contributed by atoms with E-state index in [1.54, 1.807) is 13.8 Å². The minimum Gasteiger partial charge on any atom is -0.481 e. The van der Waals surface area contributed by atoms with Crippen molar-refractivity contribution in [3.8, 4) is 11.5 Å². The van der Waals surface area contributed by atoms with Gasteiger partial charge in [-0.1, -0.05) is 70.0 Å². The zero-order chi connectivity index (χ0) is 38.5. The van der Waals surface area contributed by atoms with Gasteiger partial charge < -0.3 is 14.3 Å². The van der Waals surface area contributed by atoms with E-state index in [0.29, 0.717) is 48.2 Å². The van der Waals surface area contributed by atoms with Gasteiger partial charge in [0.25, 0.3) is 0 Å². The number of carbonyl (C=O) groups is 3. The van der Waals surface area contributed by atoms with Crippen LogP contribution < -0.4 is 0 Å². The molecule has 7 rings (SSSR count). The number of nitrogens with zero attached hydrogens (tertiary/aromatic N) is 2. The molecule has 4 saturated carbocycles. The van der Waals surface area contributed by atoms with Crippen molar-refractivity contribution in [3.63, 3.8) is 0 Å². The van der Waals surface area contributed by atoms with E-state index in [2.05, 4.69) is 74.6 Å². The van der Waals surface area contributed by atoms with Crippen molar-refractivity contribution in [2.24, 2.45) is 56.2 Å². The molecule has 288 valence electrons. The van der Waals surface area contributed by atoms with Crippen LogP contribution >= 0.6 is 15.9 Å². The van der Waals surface area contributed by atoms with Crippen LogP contribution in [0.3, 0.4) is 0 Å². The molecule has 0 amide bonds. The van der Waals surface area contributed by atoms with Gasteiger partial charge in [-0.3, -0.25) is 14.4 Å². The standard InChI is InChI=1S/C44H59BrN2O6/c1-25(2)35-29(48)22-44(23-33-46-47-37(53-33)26-10-12-27(45)13-11-26)21-20-42(8)28(36(35)44)14-15-31-41(7)18-17-32(52-34(49)24-39(3,4)38(50)51)40(5,6)30(41)16-19-43(31,42)9/h10-13,25,28,30-32H,14-24H2,1-9H3,(H,50,51)/t28-,30+,31-,32+,41+,42-,43-,44+/m1/s1. The first-order valence-corrected chi connectivity index (χ1v) is 20.8. The number of esters is 1. The van der Waals surface area contributed by atoms with Gasteiger partial charge in [-0.05, 0) is 135 Å². The molecular weight excluding hydrogens is 732 g/mol. The molecule has 9 heteroatoms. The summed E-state index contributed by atoms with van der Waals surface area (Å²) in [6, 6.07) is 7.90. The maximum atomic E-state index is 14.1. The lowest BCUT2D eigenvalue weighted by molar-refractivity contribution is -0.233. The highest BCUT2D eigenvalue weighted by Crippen LogP contribution is 2.77. The van der Waals surface area contributed by atoms with Gasteiger partial charge in [-0.2, -0.15) is 0 Å². The number of Topliss-reactive ketones (excluding diaryl/α,β-unsaturated/α-hetero) is 1. The molecule has 5 aliphatic rings. The monoisotopic (exact) mass is 790 g/mol. The summed E-state index contributed by atoms with van der Waals surface area (Å²) in [7, 11) is 0. The molecule has 1 N–H and O–H groups in total. The van der Waals surface area contributed by atoms with E-state index in [1.807, 2.05) is 24.3 Å². The molecule has 0 unspecified atom stereocenters. The van der Waals surface area contributed by atoms with Crippen LogP contribution in [0.5, 0.6) is 0 Å². The van der Waals surface area contributed by atoms with Crippen molar-refractivity contribution < 1.29 is 28.6 Å². The summed E-state index contributed by atoms with van der Waals surface area (Å²) in [5, 5.41) is 18.6. The summed E-state index contributed by atoms with van der Waals surface area (Å²) in [6.07, 6.45) is 8.88. The number of carboxylic acid groups (broad SMARTS) is 1. The number of aromatic nitrogens is 2. The number of hydrogen-bond donors (Lipinski definition) is 1. The second-order valence-corrected chi connectivity index (χ2v) is 20.8. The number of ketones is 1. The second-order valence-electron chi connectivity index (χ2n) is 19.9. The number of rotatable bonds is 8. The van der Waals surface area contributed by atoms with Crippen LogP contribution in [0.1, 0.15) is 132 Å². The van der Waals surface area contributed by atoms with Gasteiger partial charge in [-0.15, -0.1) is 10.2 Å². The molecule has 5 aliphatic carbocycles. The van der Waals surface area contributed by atoms with Crippen LogP contribution in [-0.4, -0.2) is 39.1 Å². The van der Waals surface area contributed by atoms with Crippen molar-refractivity contribution >= 4 is 33.7 Å². The Hall–Kier alpha value is -2.81. The fourth-order valence-electron chi connectivity index (χ4n) is 13.1. The second kappa shape index (κ2) is 12.9. The molecular formula is C44H59BrN2O6. The minimum absolute atomic E-state index is 0.0286. The zero-order valence-electron chi connectivity index (χ0n) is 33.2. The fourth-order valence-corrected chi connectivity index (χ4v) is 13.4. The molecule has 8 atom stereocenters. The average Bonchev–Trinajstić information content (AvgIpc) is 3.64. The molecule has 2 aromatic rings. The number of aliphatic carboxylic acids is 1. The van der Waals surface area contributed by atoms with Crippen LogP contribution in [-0.2, 0) is 25.5 Å². The van der Waals surface area contributed by atoms with Crippen LogP contribution in [0.4, 0.5) is 0 Å². The first-order valence-electron chi connectivity index (χ1n) is 20.0. The molecule has 1 aromatic heterocycles. The minimum atomic E-state index is -1.16. The van der Waals surface area contributed by atoms with E-state index in [0.717, 1.165) is 67.0 Å². The number of ether oxygens (including phenoxy) is 1. The molecule has 8 nitrogen and oxygen atoms in total. The first-order chi connectivity index (χ1) is 24.7. The van der Waals surface area contributed by atoms with Gasteiger partial charge in [0.2, 0.25) is 11.8 Å². The van der Waals surface area contributed by atoms with Crippen LogP contribution in [0, 0.1) is 56.2 Å². The third kappa shape index (κ3) is 5.91. The number of carbonyl (C=O) groups excluding carboxylic acids is 2. The normalized spacial score (nSPS) is 36.4. The Labute approximate surface area is 323 Å². The summed E-state index contributed by atoms with van der Waals surface area (Å²) >= 11 is 3.51. The number of allylic oxidation sites excluding steroid dienone is 2. The van der Waals surface area contributed by atoms with Crippen LogP contribution in [0.15, 0.2) is 44.3 Å². The SMILES string of the molecule is CC(C)C1=C2[C@H]3CC[C@@H]4[C@@]5(C)CC[C@H](OC(=O)CC(C)(C)C(=O)O)C(C)(C)[C@@H]5CC[C@@]4(C)[C@]3(C)CC[C@@]2(Cc2nnc(-c3ccc(Br)cc3)o2)CC1=O. The molecule has 4 fully saturated rings. The summed E-state index contributed by atoms with van der Waals surface area (Å²) in [5.41, 5.74) is 1.84. The van der Waals surface area contributed by atoms with Crippen LogP contribution in [0.2, 0.25) is 0 Å². The first kappa shape index (κ1) is 38.5. The van der Waals surface area contributed by atoms with E-state index >= 15 is 0 Å². The summed E-state index contributed by atoms with van der Waals surface area (Å²) in [6.45, 7) is 19.8. The summed E-state index contributed by atoms with van der Waals surface area (Å²) in [4.78, 5) is 39.0. The van der Waals surface area contributed by atoms with Crippen molar-refractivity contribution in [1.29, 1.82) is 0 Å². The van der Waals surface area contributed by atoms with Gasteiger partial charge in [0.05, 0.1) is 11.8 Å². The quantitative estimate of drug-likeness (QED) is 0.263. The Kier molecular flexibility index (Phi) is 9.34. The summed E-state index contributed by atoms with van der Waals surface area (Å²) < 4.78 is 13.5. The smallest absolute Gasteiger partial charge is 0.309 e.